The maximum Gasteiger partial charge on any atom is 0.119 e. The zero-order chi connectivity index (χ0) is 11.8. The number of hydrogen-bond acceptors (Lipinski definition) is 3. The molecule has 0 saturated heterocycles. The number of nitriles is 1. The third-order valence-corrected chi connectivity index (χ3v) is 2.60. The van der Waals surface area contributed by atoms with E-state index in [1.165, 1.54) is 0 Å². The standard InChI is InChI=1S/C13H18N2O/c1-12(8-9-14)15(2)10-11-16-13-6-4-3-5-7-13/h3-7,12H,8,10-11H2,1-2H3. The lowest BCUT2D eigenvalue weighted by molar-refractivity contribution is 0.201. The molecule has 0 fully saturated rings. The Labute approximate surface area is 97.3 Å². The number of nitrogens with zero attached hydrogens (tertiary/aromatic N) is 2. The minimum Gasteiger partial charge on any atom is -0.492 e. The zero-order valence-electron chi connectivity index (χ0n) is 9.89. The fraction of sp³-hybridized carbons (Fsp3) is 0.462. The molecule has 16 heavy (non-hydrogen) atoms. The summed E-state index contributed by atoms with van der Waals surface area (Å²) in [5.41, 5.74) is 0. The monoisotopic (exact) mass is 218 g/mol. The first-order chi connectivity index (χ1) is 7.74. The molecule has 3 heteroatoms. The highest BCUT2D eigenvalue weighted by atomic mass is 16.5. The molecular formula is C13H18N2O. The van der Waals surface area contributed by atoms with Gasteiger partial charge in [-0.25, -0.2) is 0 Å². The van der Waals surface area contributed by atoms with E-state index < -0.39 is 0 Å². The van der Waals surface area contributed by atoms with Crippen molar-refractivity contribution in [3.63, 3.8) is 0 Å². The molecule has 1 aromatic carbocycles. The van der Waals surface area contributed by atoms with E-state index in [2.05, 4.69) is 11.0 Å². The largest absolute Gasteiger partial charge is 0.492 e. The maximum atomic E-state index is 8.58. The first kappa shape index (κ1) is 12.5. The molecule has 0 spiro atoms. The summed E-state index contributed by atoms with van der Waals surface area (Å²) in [5.74, 6) is 0.892. The van der Waals surface area contributed by atoms with E-state index >= 15 is 0 Å². The van der Waals surface area contributed by atoms with Gasteiger partial charge >= 0.3 is 0 Å². The molecule has 0 radical (unpaired) electrons. The van der Waals surface area contributed by atoms with E-state index in [4.69, 9.17) is 10.00 Å². The predicted octanol–water partition coefficient (Wildman–Crippen LogP) is 2.30. The van der Waals surface area contributed by atoms with Gasteiger partial charge in [0, 0.05) is 12.6 Å². The highest BCUT2D eigenvalue weighted by Gasteiger charge is 2.07. The predicted molar refractivity (Wildman–Crippen MR) is 64.3 cm³/mol. The normalized spacial score (nSPS) is 12.1. The fourth-order valence-electron chi connectivity index (χ4n) is 1.33. The van der Waals surface area contributed by atoms with Crippen LogP contribution in [-0.2, 0) is 0 Å². The highest BCUT2D eigenvalue weighted by molar-refractivity contribution is 5.20. The minimum absolute atomic E-state index is 0.282. The Morgan fingerprint density at radius 3 is 2.69 bits per heavy atom. The number of para-hydroxylation sites is 1. The van der Waals surface area contributed by atoms with Crippen molar-refractivity contribution in [2.24, 2.45) is 0 Å². The molecule has 1 aromatic rings. The van der Waals surface area contributed by atoms with Crippen molar-refractivity contribution in [2.45, 2.75) is 19.4 Å². The second-order valence-electron chi connectivity index (χ2n) is 3.85. The van der Waals surface area contributed by atoms with Crippen LogP contribution in [0.3, 0.4) is 0 Å². The third-order valence-electron chi connectivity index (χ3n) is 2.60. The van der Waals surface area contributed by atoms with Crippen molar-refractivity contribution in [3.05, 3.63) is 30.3 Å². The van der Waals surface area contributed by atoms with Crippen LogP contribution in [0.15, 0.2) is 30.3 Å². The molecule has 0 aliphatic rings. The summed E-state index contributed by atoms with van der Waals surface area (Å²) in [6.45, 7) is 3.53. The van der Waals surface area contributed by atoms with Gasteiger partial charge in [0.15, 0.2) is 0 Å². The van der Waals surface area contributed by atoms with Gasteiger partial charge in [-0.2, -0.15) is 5.26 Å². The molecule has 0 aromatic heterocycles. The van der Waals surface area contributed by atoms with E-state index in [9.17, 15) is 0 Å². The molecule has 1 unspecified atom stereocenters. The van der Waals surface area contributed by atoms with Gasteiger partial charge in [0.25, 0.3) is 0 Å². The van der Waals surface area contributed by atoms with Gasteiger partial charge in [-0.3, -0.25) is 4.90 Å². The Kier molecular flexibility index (Phi) is 5.38. The van der Waals surface area contributed by atoms with E-state index in [1.807, 2.05) is 44.3 Å². The van der Waals surface area contributed by atoms with Crippen molar-refractivity contribution >= 4 is 0 Å². The van der Waals surface area contributed by atoms with Gasteiger partial charge < -0.3 is 4.74 Å². The van der Waals surface area contributed by atoms with Crippen molar-refractivity contribution < 1.29 is 4.74 Å². The summed E-state index contributed by atoms with van der Waals surface area (Å²) in [5, 5.41) is 8.58. The number of rotatable bonds is 6. The topological polar surface area (TPSA) is 36.3 Å². The smallest absolute Gasteiger partial charge is 0.119 e. The summed E-state index contributed by atoms with van der Waals surface area (Å²) in [4.78, 5) is 2.13. The quantitative estimate of drug-likeness (QED) is 0.735. The van der Waals surface area contributed by atoms with Crippen molar-refractivity contribution in [2.75, 3.05) is 20.2 Å². The third kappa shape index (κ3) is 4.33. The first-order valence-corrected chi connectivity index (χ1v) is 5.49. The Hall–Kier alpha value is -1.53. The summed E-state index contributed by atoms with van der Waals surface area (Å²) in [7, 11) is 2.01. The van der Waals surface area contributed by atoms with Crippen LogP contribution in [0.2, 0.25) is 0 Å². The molecule has 0 bridgehead atoms. The van der Waals surface area contributed by atoms with Gasteiger partial charge in [0.05, 0.1) is 12.5 Å². The Balaban J connectivity index is 2.23. The second kappa shape index (κ2) is 6.86. The number of likely N-dealkylation sites (N-methyl/N-ethyl adjacent to an activating group) is 1. The lowest BCUT2D eigenvalue weighted by Crippen LogP contribution is -2.32. The summed E-state index contributed by atoms with van der Waals surface area (Å²) in [6.07, 6.45) is 0.557. The zero-order valence-corrected chi connectivity index (χ0v) is 9.89. The fourth-order valence-corrected chi connectivity index (χ4v) is 1.33. The molecule has 86 valence electrons. The van der Waals surface area contributed by atoms with Crippen LogP contribution in [-0.4, -0.2) is 31.1 Å². The highest BCUT2D eigenvalue weighted by Crippen LogP contribution is 2.08. The molecule has 0 saturated carbocycles. The van der Waals surface area contributed by atoms with Gasteiger partial charge in [0.2, 0.25) is 0 Å². The van der Waals surface area contributed by atoms with E-state index in [0.29, 0.717) is 13.0 Å². The number of hydrogen-bond donors (Lipinski definition) is 0. The molecule has 1 atom stereocenters. The van der Waals surface area contributed by atoms with Crippen LogP contribution >= 0.6 is 0 Å². The summed E-state index contributed by atoms with van der Waals surface area (Å²) < 4.78 is 5.58. The maximum absolute atomic E-state index is 8.58. The Morgan fingerprint density at radius 2 is 2.06 bits per heavy atom. The number of ether oxygens (including phenoxy) is 1. The van der Waals surface area contributed by atoms with Crippen LogP contribution in [0.1, 0.15) is 13.3 Å². The molecule has 0 heterocycles. The molecule has 0 aliphatic heterocycles. The molecular weight excluding hydrogens is 200 g/mol. The second-order valence-corrected chi connectivity index (χ2v) is 3.85. The lowest BCUT2D eigenvalue weighted by atomic mass is 10.2. The van der Waals surface area contributed by atoms with Crippen LogP contribution in [0.25, 0.3) is 0 Å². The van der Waals surface area contributed by atoms with Crippen molar-refractivity contribution in [3.8, 4) is 11.8 Å². The Bertz CT molecular complexity index is 332. The Morgan fingerprint density at radius 1 is 1.38 bits per heavy atom. The van der Waals surface area contributed by atoms with Gasteiger partial charge in [-0.05, 0) is 26.1 Å². The SMILES string of the molecule is CC(CC#N)N(C)CCOc1ccccc1. The van der Waals surface area contributed by atoms with Crippen LogP contribution in [0.5, 0.6) is 5.75 Å². The van der Waals surface area contributed by atoms with Gasteiger partial charge in [-0.15, -0.1) is 0 Å². The van der Waals surface area contributed by atoms with E-state index in [-0.39, 0.29) is 6.04 Å². The van der Waals surface area contributed by atoms with Gasteiger partial charge in [-0.1, -0.05) is 18.2 Å². The number of benzene rings is 1. The van der Waals surface area contributed by atoms with Gasteiger partial charge in [0.1, 0.15) is 12.4 Å². The molecule has 0 N–H and O–H groups in total. The first-order valence-electron chi connectivity index (χ1n) is 5.49. The van der Waals surface area contributed by atoms with Crippen LogP contribution in [0, 0.1) is 11.3 Å². The summed E-state index contributed by atoms with van der Waals surface area (Å²) in [6, 6.07) is 12.2. The molecule has 1 rings (SSSR count). The average molecular weight is 218 g/mol. The van der Waals surface area contributed by atoms with E-state index in [0.717, 1.165) is 12.3 Å². The molecule has 0 aliphatic carbocycles. The van der Waals surface area contributed by atoms with E-state index in [1.54, 1.807) is 0 Å². The van der Waals surface area contributed by atoms with Crippen LogP contribution < -0.4 is 4.74 Å². The lowest BCUT2D eigenvalue weighted by Gasteiger charge is -2.22. The molecule has 3 nitrogen and oxygen atoms in total. The van der Waals surface area contributed by atoms with Crippen LogP contribution in [0.4, 0.5) is 0 Å². The molecule has 0 amide bonds. The average Bonchev–Trinajstić information content (AvgIpc) is 2.30. The van der Waals surface area contributed by atoms with Crippen molar-refractivity contribution in [1.29, 1.82) is 5.26 Å². The minimum atomic E-state index is 0.282. The summed E-state index contributed by atoms with van der Waals surface area (Å²) >= 11 is 0. The van der Waals surface area contributed by atoms with Crippen molar-refractivity contribution in [1.82, 2.24) is 4.90 Å².